The molecule has 4 aliphatic rings. The average Bonchev–Trinajstić information content (AvgIpc) is 3.84. The van der Waals surface area contributed by atoms with Gasteiger partial charge in [0.15, 0.2) is 24.4 Å². The molecule has 5 heterocycles. The maximum atomic E-state index is 14.5. The van der Waals surface area contributed by atoms with Crippen molar-refractivity contribution < 1.29 is 72.2 Å². The number of rotatable bonds is 13. The second-order valence-corrected chi connectivity index (χ2v) is 19.7. The summed E-state index contributed by atoms with van der Waals surface area (Å²) in [6.45, 7) is 9.40. The molecule has 3 N–H and O–H groups in total. The van der Waals surface area contributed by atoms with Gasteiger partial charge in [-0.3, -0.25) is 9.59 Å². The van der Waals surface area contributed by atoms with Crippen molar-refractivity contribution in [2.45, 2.75) is 153 Å². The van der Waals surface area contributed by atoms with Crippen LogP contribution in [0.1, 0.15) is 84.6 Å². The predicted molar refractivity (Wildman–Crippen MR) is 260 cm³/mol. The van der Waals surface area contributed by atoms with E-state index in [4.69, 9.17) is 47.3 Å². The molecule has 20 nitrogen and oxygen atoms in total. The first-order chi connectivity index (χ1) is 34.5. The van der Waals surface area contributed by atoms with Crippen LogP contribution in [-0.4, -0.2) is 176 Å². The van der Waals surface area contributed by atoms with E-state index in [2.05, 4.69) is 15.3 Å². The second-order valence-electron chi connectivity index (χ2n) is 19.7. The highest BCUT2D eigenvalue weighted by Gasteiger charge is 2.48. The molecule has 16 atom stereocenters. The lowest BCUT2D eigenvalue weighted by Gasteiger charge is -2.47. The molecule has 2 bridgehead atoms. The normalized spacial score (nSPS) is 36.5. The van der Waals surface area contributed by atoms with Crippen LogP contribution in [0.3, 0.4) is 0 Å². The fraction of sp³-hybridized carbons (Fsp3) is 0.692. The molecule has 0 spiro atoms. The van der Waals surface area contributed by atoms with E-state index in [-0.39, 0.29) is 50.9 Å². The van der Waals surface area contributed by atoms with E-state index < -0.39 is 103 Å². The van der Waals surface area contributed by atoms with Crippen molar-refractivity contribution in [2.24, 2.45) is 28.8 Å². The first kappa shape index (κ1) is 56.8. The maximum absolute atomic E-state index is 14.5. The number of ketones is 1. The van der Waals surface area contributed by atoms with E-state index in [1.807, 2.05) is 39.8 Å². The lowest BCUT2D eigenvalue weighted by molar-refractivity contribution is -0.305. The molecular formula is C52H75N5O15. The third-order valence-electron chi connectivity index (χ3n) is 14.2. The van der Waals surface area contributed by atoms with Crippen LogP contribution in [0.4, 0.5) is 0 Å². The summed E-state index contributed by atoms with van der Waals surface area (Å²) in [6.07, 6.45) is -1.58. The molecule has 1 saturated carbocycles. The predicted octanol–water partition coefficient (Wildman–Crippen LogP) is 4.33. The van der Waals surface area contributed by atoms with Crippen LogP contribution in [0, 0.1) is 35.0 Å². The molecule has 20 heteroatoms. The Hall–Kier alpha value is -4.50. The van der Waals surface area contributed by atoms with Gasteiger partial charge in [0.1, 0.15) is 47.6 Å². The van der Waals surface area contributed by atoms with Crippen molar-refractivity contribution in [1.29, 1.82) is 5.26 Å². The van der Waals surface area contributed by atoms with Gasteiger partial charge in [-0.05, 0) is 84.2 Å². The quantitative estimate of drug-likeness (QED) is 0.186. The summed E-state index contributed by atoms with van der Waals surface area (Å²) < 4.78 is 55.8. The van der Waals surface area contributed by atoms with Gasteiger partial charge in [-0.15, -0.1) is 0 Å². The van der Waals surface area contributed by atoms with E-state index in [0.29, 0.717) is 55.0 Å². The average molecular weight is 1010 g/mol. The lowest BCUT2D eigenvalue weighted by Crippen LogP contribution is -2.63. The van der Waals surface area contributed by atoms with E-state index in [1.165, 1.54) is 7.11 Å². The summed E-state index contributed by atoms with van der Waals surface area (Å²) >= 11 is 0. The van der Waals surface area contributed by atoms with E-state index in [0.717, 1.165) is 5.57 Å². The number of hydrogen-bond acceptors (Lipinski definition) is 20. The number of methoxy groups -OCH3 is 2. The molecule has 2 aromatic rings. The summed E-state index contributed by atoms with van der Waals surface area (Å²) in [5, 5.41) is 51.3. The van der Waals surface area contributed by atoms with Crippen LogP contribution >= 0.6 is 0 Å². The number of carbonyl (C=O) groups is 2. The molecule has 1 aliphatic carbocycles. The van der Waals surface area contributed by atoms with Crippen molar-refractivity contribution in [3.05, 3.63) is 59.5 Å². The first-order valence-corrected chi connectivity index (χ1v) is 25.0. The molecular weight excluding hydrogens is 935 g/mol. The number of pyridine rings is 1. The summed E-state index contributed by atoms with van der Waals surface area (Å²) in [7, 11) is 6.61. The second kappa shape index (κ2) is 27.2. The van der Waals surface area contributed by atoms with Gasteiger partial charge in [0.05, 0.1) is 74.6 Å². The number of nitriles is 1. The minimum absolute atomic E-state index is 0.00253. The number of nitrogens with zero attached hydrogens (tertiary/aromatic N) is 5. The Bertz CT molecular complexity index is 2200. The highest BCUT2D eigenvalue weighted by molar-refractivity contribution is 5.91. The number of aliphatic hydroxyl groups is 3. The number of carbonyl (C=O) groups excluding carboxylic acids is 2. The lowest BCUT2D eigenvalue weighted by atomic mass is 9.79. The smallest absolute Gasteiger partial charge is 0.308 e. The van der Waals surface area contributed by atoms with Crippen LogP contribution in [0.5, 0.6) is 0 Å². The highest BCUT2D eigenvalue weighted by Crippen LogP contribution is 2.36. The zero-order valence-electron chi connectivity index (χ0n) is 43.0. The molecule has 0 radical (unpaired) electrons. The minimum atomic E-state index is -1.27. The molecule has 6 rings (SSSR count). The van der Waals surface area contributed by atoms with Crippen LogP contribution in [0.25, 0.3) is 11.4 Å². The van der Waals surface area contributed by atoms with Crippen LogP contribution < -0.4 is 0 Å². The molecule has 72 heavy (non-hydrogen) atoms. The first-order valence-electron chi connectivity index (χ1n) is 25.0. The summed E-state index contributed by atoms with van der Waals surface area (Å²) in [4.78, 5) is 40.3. The van der Waals surface area contributed by atoms with Gasteiger partial charge in [-0.2, -0.15) is 5.26 Å². The van der Waals surface area contributed by atoms with Gasteiger partial charge < -0.3 is 67.5 Å². The number of aromatic nitrogens is 2. The fourth-order valence-corrected chi connectivity index (χ4v) is 10.2. The Morgan fingerprint density at radius 1 is 0.972 bits per heavy atom. The van der Waals surface area contributed by atoms with Crippen LogP contribution in [-0.2, 0) is 58.9 Å². The van der Waals surface area contributed by atoms with E-state index in [9.17, 15) is 30.2 Å². The Kier molecular flexibility index (Phi) is 21.4. The highest BCUT2D eigenvalue weighted by atomic mass is 16.7. The molecule has 2 aromatic heterocycles. The molecule has 1 unspecified atom stereocenters. The van der Waals surface area contributed by atoms with Gasteiger partial charge in [0.25, 0.3) is 0 Å². The zero-order valence-corrected chi connectivity index (χ0v) is 43.0. The maximum Gasteiger partial charge on any atom is 0.308 e. The third-order valence-corrected chi connectivity index (χ3v) is 14.2. The van der Waals surface area contributed by atoms with Crippen molar-refractivity contribution in [1.82, 2.24) is 15.0 Å². The van der Waals surface area contributed by atoms with Crippen molar-refractivity contribution in [3.8, 4) is 17.5 Å². The molecule has 3 fully saturated rings. The van der Waals surface area contributed by atoms with Gasteiger partial charge in [-0.25, -0.2) is 4.98 Å². The van der Waals surface area contributed by atoms with Crippen molar-refractivity contribution in [3.63, 3.8) is 0 Å². The molecule has 2 saturated heterocycles. The number of oxime groups is 1. The van der Waals surface area contributed by atoms with Crippen LogP contribution in [0.15, 0.2) is 57.7 Å². The molecule has 0 amide bonds. The van der Waals surface area contributed by atoms with Crippen molar-refractivity contribution in [2.75, 3.05) is 54.7 Å². The molecule has 3 aliphatic heterocycles. The van der Waals surface area contributed by atoms with Gasteiger partial charge in [0.2, 0.25) is 0 Å². The number of allylic oxidation sites excluding steroid dienone is 3. The van der Waals surface area contributed by atoms with E-state index in [1.54, 1.807) is 69.4 Å². The SMILES string of the molecule is CC[C@H]1OC(=O)C[C@H]2OC/C(=N/OCc3cc(-c4cccc(C#N)n4)no3)COCCC(C[C@@H](C)C(=O)/C=C/C(C)=C/[C@@H]1CO[C@@H]1CC[C@@H](O)[C@@H](OC)[C@H]1OC)[C@H](O[C@@H]1O[C@H](C)[C@@H](O)[C@H](N(C)C)[C@H]1O)[C@H]2C. The summed E-state index contributed by atoms with van der Waals surface area (Å²) in [5.41, 5.74) is 2.24. The summed E-state index contributed by atoms with van der Waals surface area (Å²) in [6, 6.07) is 7.93. The topological polar surface area (TPSA) is 256 Å². The standard InChI is InChI=1S/C52H75N5O15/c1-10-42-34(25-66-43-17-16-41(59)50(63-8)51(43)64-9)20-29(2)14-15-40(58)30(3)21-33-18-19-65-26-36(55-68-28-37-22-39(56-72-37)38-13-11-12-35(24-53)54-38)27-67-44(23-45(60)70-42)31(4)49(33)71-52-48(62)46(57(6)7)47(61)32(5)69-52/h11-15,20,22,30-34,41-44,46-52,59,61-62H,10,16-19,21,23,25-28H2,1-9H3/b15-14+,29-20+,55-36+/t30-,31+,32-,33?,34-,41-,42-,43-,44-,46+,47-,48-,49-,50-,51+,52+/m1/s1. The Labute approximate surface area is 422 Å². The number of esters is 1. The minimum Gasteiger partial charge on any atom is -0.462 e. The third kappa shape index (κ3) is 14.8. The van der Waals surface area contributed by atoms with Crippen molar-refractivity contribution >= 4 is 17.5 Å². The number of hydrogen-bond donors (Lipinski definition) is 3. The largest absolute Gasteiger partial charge is 0.462 e. The number of fused-ring (bicyclic) bond motifs is 3. The summed E-state index contributed by atoms with van der Waals surface area (Å²) in [5.74, 6) is -2.26. The number of cyclic esters (lactones) is 1. The molecule has 398 valence electrons. The van der Waals surface area contributed by atoms with Gasteiger partial charge >= 0.3 is 5.97 Å². The Balaban J connectivity index is 1.32. The Morgan fingerprint density at radius 3 is 2.47 bits per heavy atom. The van der Waals surface area contributed by atoms with Gasteiger partial charge in [-0.1, -0.05) is 54.9 Å². The molecule has 0 aromatic carbocycles. The van der Waals surface area contributed by atoms with Crippen LogP contribution in [0.2, 0.25) is 0 Å². The zero-order chi connectivity index (χ0) is 52.1. The number of likely N-dealkylation sites (N-methyl/N-ethyl adjacent to an activating group) is 1. The number of aliphatic hydroxyl groups excluding tert-OH is 3. The Morgan fingerprint density at radius 2 is 1.75 bits per heavy atom. The van der Waals surface area contributed by atoms with Gasteiger partial charge in [0, 0.05) is 44.6 Å². The monoisotopic (exact) mass is 1010 g/mol. The fourth-order valence-electron chi connectivity index (χ4n) is 10.2. The number of ether oxygens (including phenoxy) is 8. The van der Waals surface area contributed by atoms with E-state index >= 15 is 0 Å².